The quantitative estimate of drug-likeness (QED) is 0.822. The molecular formula is C18H19N5O2. The number of hydrogen-bond donors (Lipinski definition) is 2. The first-order chi connectivity index (χ1) is 12.2. The minimum absolute atomic E-state index is 0.0650. The number of primary amides is 1. The van der Waals surface area contributed by atoms with Crippen LogP contribution in [-0.4, -0.2) is 35.3 Å². The van der Waals surface area contributed by atoms with Crippen LogP contribution in [0.25, 0.3) is 0 Å². The average Bonchev–Trinajstić information content (AvgIpc) is 3.30. The topological polar surface area (TPSA) is 92.7 Å². The second-order valence-corrected chi connectivity index (χ2v) is 6.22. The zero-order chi connectivity index (χ0) is 17.4. The fourth-order valence-corrected chi connectivity index (χ4v) is 3.60. The Hall–Kier alpha value is -2.93. The second-order valence-electron chi connectivity index (χ2n) is 6.22. The molecule has 1 saturated heterocycles. The summed E-state index contributed by atoms with van der Waals surface area (Å²) in [5.41, 5.74) is 7.18. The van der Waals surface area contributed by atoms with E-state index in [9.17, 15) is 9.59 Å². The predicted molar refractivity (Wildman–Crippen MR) is 94.5 cm³/mol. The summed E-state index contributed by atoms with van der Waals surface area (Å²) < 4.78 is 1.61. The van der Waals surface area contributed by atoms with Crippen LogP contribution in [-0.2, 0) is 4.79 Å². The number of hydrogen-bond acceptors (Lipinski definition) is 5. The summed E-state index contributed by atoms with van der Waals surface area (Å²) in [6.07, 6.45) is 4.54. The van der Waals surface area contributed by atoms with Crippen molar-refractivity contribution < 1.29 is 9.59 Å². The molecule has 2 aliphatic rings. The van der Waals surface area contributed by atoms with Crippen molar-refractivity contribution in [2.75, 3.05) is 11.4 Å². The molecule has 128 valence electrons. The van der Waals surface area contributed by atoms with Crippen molar-refractivity contribution in [3.63, 3.8) is 0 Å². The number of benzene rings is 1. The molecule has 1 aromatic carbocycles. The van der Waals surface area contributed by atoms with E-state index in [2.05, 4.69) is 5.32 Å². The van der Waals surface area contributed by atoms with Crippen molar-refractivity contribution in [2.24, 2.45) is 10.8 Å². The lowest BCUT2D eigenvalue weighted by atomic mass is 10.0. The van der Waals surface area contributed by atoms with Crippen LogP contribution in [0.15, 0.2) is 47.7 Å². The molecule has 0 bridgehead atoms. The van der Waals surface area contributed by atoms with Crippen LogP contribution in [0.5, 0.6) is 0 Å². The lowest BCUT2D eigenvalue weighted by Gasteiger charge is -2.37. The third kappa shape index (κ3) is 2.53. The average molecular weight is 337 g/mol. The maximum atomic E-state index is 12.1. The van der Waals surface area contributed by atoms with Crippen molar-refractivity contribution in [1.82, 2.24) is 9.99 Å². The highest BCUT2D eigenvalue weighted by molar-refractivity contribution is 6.06. The minimum Gasteiger partial charge on any atom is -0.366 e. The molecule has 2 unspecified atom stereocenters. The summed E-state index contributed by atoms with van der Waals surface area (Å²) in [6, 6.07) is 10.6. The molecule has 1 aromatic heterocycles. The van der Waals surface area contributed by atoms with Gasteiger partial charge in [0.15, 0.2) is 0 Å². The molecule has 3 N–H and O–H groups in total. The number of nitrogens with one attached hydrogen (secondary N) is 1. The van der Waals surface area contributed by atoms with E-state index in [1.165, 1.54) is 0 Å². The largest absolute Gasteiger partial charge is 0.366 e. The van der Waals surface area contributed by atoms with Crippen LogP contribution in [0.2, 0.25) is 0 Å². The normalized spacial score (nSPS) is 22.4. The molecule has 0 spiro atoms. The van der Waals surface area contributed by atoms with Gasteiger partial charge in [-0.1, -0.05) is 18.2 Å². The number of nitrogens with two attached hydrogens (primary N) is 1. The molecule has 4 rings (SSSR count). The van der Waals surface area contributed by atoms with Crippen LogP contribution in [0, 0.1) is 0 Å². The predicted octanol–water partition coefficient (Wildman–Crippen LogP) is 1.26. The Morgan fingerprint density at radius 3 is 2.72 bits per heavy atom. The summed E-state index contributed by atoms with van der Waals surface area (Å²) in [5, 5.41) is 8.15. The summed E-state index contributed by atoms with van der Waals surface area (Å²) in [5.74, 6) is 0.214. The molecule has 1 fully saturated rings. The van der Waals surface area contributed by atoms with Gasteiger partial charge in [0.25, 0.3) is 5.91 Å². The number of aromatic nitrogens is 1. The Morgan fingerprint density at radius 2 is 2.08 bits per heavy atom. The van der Waals surface area contributed by atoms with Crippen LogP contribution in [0.1, 0.15) is 34.9 Å². The lowest BCUT2D eigenvalue weighted by Crippen LogP contribution is -2.49. The molecule has 2 aliphatic heterocycles. The Morgan fingerprint density at radius 1 is 1.28 bits per heavy atom. The van der Waals surface area contributed by atoms with Gasteiger partial charge in [0.2, 0.25) is 0 Å². The molecule has 0 aliphatic carbocycles. The van der Waals surface area contributed by atoms with E-state index >= 15 is 0 Å². The van der Waals surface area contributed by atoms with Crippen LogP contribution < -0.4 is 16.0 Å². The van der Waals surface area contributed by atoms with Gasteiger partial charge in [0, 0.05) is 11.9 Å². The van der Waals surface area contributed by atoms with Gasteiger partial charge in [-0.25, -0.2) is 4.68 Å². The molecular weight excluding hydrogens is 318 g/mol. The molecule has 2 aromatic rings. The molecule has 7 heteroatoms. The summed E-state index contributed by atoms with van der Waals surface area (Å²) in [6.45, 7) is 0.920. The number of aldehydes is 1. The monoisotopic (exact) mass is 337 g/mol. The molecule has 2 atom stereocenters. The summed E-state index contributed by atoms with van der Waals surface area (Å²) in [7, 11) is 0. The van der Waals surface area contributed by atoms with E-state index in [0.29, 0.717) is 11.3 Å². The van der Waals surface area contributed by atoms with Gasteiger partial charge in [0.1, 0.15) is 18.2 Å². The molecule has 1 amide bonds. The third-order valence-electron chi connectivity index (χ3n) is 4.72. The fraction of sp³-hybridized carbons (Fsp3) is 0.278. The van der Waals surface area contributed by atoms with Gasteiger partial charge in [0.05, 0.1) is 17.3 Å². The van der Waals surface area contributed by atoms with Gasteiger partial charge < -0.3 is 20.7 Å². The van der Waals surface area contributed by atoms with E-state index in [0.717, 1.165) is 37.2 Å². The number of fused-ring (bicyclic) bond motifs is 1. The van der Waals surface area contributed by atoms with Crippen LogP contribution in [0.4, 0.5) is 5.69 Å². The van der Waals surface area contributed by atoms with Crippen molar-refractivity contribution in [2.45, 2.75) is 24.9 Å². The molecule has 0 radical (unpaired) electrons. The first-order valence-corrected chi connectivity index (χ1v) is 8.33. The molecule has 25 heavy (non-hydrogen) atoms. The van der Waals surface area contributed by atoms with E-state index in [1.54, 1.807) is 16.9 Å². The summed E-state index contributed by atoms with van der Waals surface area (Å²) >= 11 is 0. The van der Waals surface area contributed by atoms with Crippen LogP contribution in [0.3, 0.4) is 0 Å². The Bertz CT molecular complexity index is 836. The highest BCUT2D eigenvalue weighted by Gasteiger charge is 2.38. The highest BCUT2D eigenvalue weighted by Crippen LogP contribution is 2.34. The Labute approximate surface area is 145 Å². The molecule has 7 nitrogen and oxygen atoms in total. The third-order valence-corrected chi connectivity index (χ3v) is 4.72. The Balaban J connectivity index is 1.91. The van der Waals surface area contributed by atoms with E-state index in [1.807, 2.05) is 35.2 Å². The Kier molecular flexibility index (Phi) is 3.85. The number of amidine groups is 1. The zero-order valence-corrected chi connectivity index (χ0v) is 13.6. The van der Waals surface area contributed by atoms with E-state index in [-0.39, 0.29) is 6.04 Å². The molecule has 0 saturated carbocycles. The zero-order valence-electron chi connectivity index (χ0n) is 13.6. The smallest absolute Gasteiger partial charge is 0.250 e. The number of carbonyl (C=O) groups excluding carboxylic acids is 2. The van der Waals surface area contributed by atoms with Crippen molar-refractivity contribution in [3.05, 3.63) is 53.9 Å². The number of para-hydroxylation sites is 1. The molecule has 3 heterocycles. The van der Waals surface area contributed by atoms with Crippen molar-refractivity contribution in [3.8, 4) is 0 Å². The fourth-order valence-electron chi connectivity index (χ4n) is 3.60. The standard InChI is InChI=1S/C18H19N5O2/c19-17(25)13-8-10-22-16(13)15(11-24)23(12-5-2-1-3-6-12)18(21-22)14-7-4-9-20-14/h1-3,5-6,8,10-11,14-15,20H,4,7,9H2,(H2,19,25). The lowest BCUT2D eigenvalue weighted by molar-refractivity contribution is -0.109. The number of rotatable bonds is 4. The minimum atomic E-state index is -0.658. The van der Waals surface area contributed by atoms with Gasteiger partial charge in [-0.3, -0.25) is 4.79 Å². The first kappa shape index (κ1) is 15.6. The number of anilines is 1. The number of nitrogens with zero attached hydrogens (tertiary/aromatic N) is 3. The van der Waals surface area contributed by atoms with E-state index in [4.69, 9.17) is 10.8 Å². The summed E-state index contributed by atoms with van der Waals surface area (Å²) in [4.78, 5) is 25.7. The van der Waals surface area contributed by atoms with Crippen molar-refractivity contribution in [1.29, 1.82) is 0 Å². The van der Waals surface area contributed by atoms with Gasteiger partial charge in [-0.2, -0.15) is 5.10 Å². The maximum absolute atomic E-state index is 12.1. The van der Waals surface area contributed by atoms with Crippen LogP contribution >= 0.6 is 0 Å². The maximum Gasteiger partial charge on any atom is 0.250 e. The SMILES string of the molecule is NC(=O)c1ccn2c1C(C=O)N(c1ccccc1)C(C1CCCN1)=N2. The van der Waals surface area contributed by atoms with E-state index < -0.39 is 11.9 Å². The second kappa shape index (κ2) is 6.18. The number of amides is 1. The van der Waals surface area contributed by atoms with Crippen molar-refractivity contribution >= 4 is 23.7 Å². The van der Waals surface area contributed by atoms with Gasteiger partial charge in [-0.15, -0.1) is 0 Å². The first-order valence-electron chi connectivity index (χ1n) is 8.33. The van der Waals surface area contributed by atoms with Gasteiger partial charge >= 0.3 is 0 Å². The highest BCUT2D eigenvalue weighted by atomic mass is 16.1. The van der Waals surface area contributed by atoms with Gasteiger partial charge in [-0.05, 0) is 37.6 Å². The number of carbonyl (C=O) groups is 2.